The van der Waals surface area contributed by atoms with Crippen LogP contribution in [-0.4, -0.2) is 27.2 Å². The molecule has 6 heteroatoms. The summed E-state index contributed by atoms with van der Waals surface area (Å²) in [6.45, 7) is -0.146. The number of para-hydroxylation sites is 1. The highest BCUT2D eigenvalue weighted by molar-refractivity contribution is 7.90. The van der Waals surface area contributed by atoms with E-state index in [-0.39, 0.29) is 17.4 Å². The van der Waals surface area contributed by atoms with Gasteiger partial charge in [-0.2, -0.15) is 0 Å². The monoisotopic (exact) mass is 305 g/mol. The van der Waals surface area contributed by atoms with E-state index < -0.39 is 9.84 Å². The standard InChI is InChI=1S/C15H15NO4S/c1-21(18,19)14-9-5-6-12(10-14)16-15(17)11-20-13-7-3-2-4-8-13/h2-10H,11H2,1H3,(H,16,17). The van der Waals surface area contributed by atoms with E-state index in [4.69, 9.17) is 4.74 Å². The van der Waals surface area contributed by atoms with Crippen molar-refractivity contribution in [1.82, 2.24) is 0 Å². The Labute approximate surface area is 123 Å². The summed E-state index contributed by atoms with van der Waals surface area (Å²) in [4.78, 5) is 11.9. The molecule has 110 valence electrons. The number of ether oxygens (including phenoxy) is 1. The lowest BCUT2D eigenvalue weighted by molar-refractivity contribution is -0.118. The lowest BCUT2D eigenvalue weighted by atomic mass is 10.3. The summed E-state index contributed by atoms with van der Waals surface area (Å²) >= 11 is 0. The molecule has 0 aliphatic rings. The molecule has 0 aromatic heterocycles. The fourth-order valence-electron chi connectivity index (χ4n) is 1.67. The van der Waals surface area contributed by atoms with Gasteiger partial charge in [-0.05, 0) is 30.3 Å². The van der Waals surface area contributed by atoms with E-state index in [1.54, 1.807) is 24.3 Å². The Morgan fingerprint density at radius 1 is 1.10 bits per heavy atom. The molecule has 0 radical (unpaired) electrons. The van der Waals surface area contributed by atoms with Crippen LogP contribution in [0.25, 0.3) is 0 Å². The number of hydrogen-bond acceptors (Lipinski definition) is 4. The first-order chi connectivity index (χ1) is 9.95. The first-order valence-corrected chi connectivity index (χ1v) is 8.12. The fourth-order valence-corrected chi connectivity index (χ4v) is 2.33. The van der Waals surface area contributed by atoms with Gasteiger partial charge in [-0.1, -0.05) is 24.3 Å². The minimum absolute atomic E-state index is 0.146. The van der Waals surface area contributed by atoms with Crippen LogP contribution < -0.4 is 10.1 Å². The molecule has 0 spiro atoms. The summed E-state index contributed by atoms with van der Waals surface area (Å²) in [6, 6.07) is 15.0. The van der Waals surface area contributed by atoms with Crippen molar-refractivity contribution in [3.05, 3.63) is 54.6 Å². The lowest BCUT2D eigenvalue weighted by Crippen LogP contribution is -2.20. The van der Waals surface area contributed by atoms with Gasteiger partial charge < -0.3 is 10.1 Å². The second kappa shape index (κ2) is 6.41. The maximum atomic E-state index is 11.8. The summed E-state index contributed by atoms with van der Waals surface area (Å²) in [6.07, 6.45) is 1.12. The number of rotatable bonds is 5. The summed E-state index contributed by atoms with van der Waals surface area (Å²) in [5.74, 6) is 0.238. The molecule has 1 amide bonds. The van der Waals surface area contributed by atoms with Crippen molar-refractivity contribution in [1.29, 1.82) is 0 Å². The smallest absolute Gasteiger partial charge is 0.262 e. The van der Waals surface area contributed by atoms with Gasteiger partial charge in [0.2, 0.25) is 0 Å². The van der Waals surface area contributed by atoms with Crippen LogP contribution in [0.5, 0.6) is 5.75 Å². The third kappa shape index (κ3) is 4.61. The zero-order chi connectivity index (χ0) is 15.3. The average molecular weight is 305 g/mol. The number of carbonyl (C=O) groups is 1. The van der Waals surface area contributed by atoms with Crippen molar-refractivity contribution < 1.29 is 17.9 Å². The van der Waals surface area contributed by atoms with E-state index in [9.17, 15) is 13.2 Å². The van der Waals surface area contributed by atoms with Crippen molar-refractivity contribution in [3.63, 3.8) is 0 Å². The molecule has 0 aliphatic heterocycles. The van der Waals surface area contributed by atoms with Gasteiger partial charge in [-0.15, -0.1) is 0 Å². The molecule has 1 N–H and O–H groups in total. The quantitative estimate of drug-likeness (QED) is 0.918. The molecule has 0 fully saturated rings. The SMILES string of the molecule is CS(=O)(=O)c1cccc(NC(=O)COc2ccccc2)c1. The highest BCUT2D eigenvalue weighted by Gasteiger charge is 2.09. The second-order valence-corrected chi connectivity index (χ2v) is 6.47. The topological polar surface area (TPSA) is 72.5 Å². The van der Waals surface area contributed by atoms with Crippen LogP contribution in [-0.2, 0) is 14.6 Å². The predicted molar refractivity (Wildman–Crippen MR) is 80.1 cm³/mol. The van der Waals surface area contributed by atoms with E-state index >= 15 is 0 Å². The molecule has 0 aliphatic carbocycles. The summed E-state index contributed by atoms with van der Waals surface area (Å²) in [5.41, 5.74) is 0.416. The summed E-state index contributed by atoms with van der Waals surface area (Å²) < 4.78 is 28.2. The maximum absolute atomic E-state index is 11.8. The number of benzene rings is 2. The summed E-state index contributed by atoms with van der Waals surface area (Å²) in [7, 11) is -3.30. The second-order valence-electron chi connectivity index (χ2n) is 4.45. The summed E-state index contributed by atoms with van der Waals surface area (Å²) in [5, 5.41) is 2.60. The van der Waals surface area contributed by atoms with Crippen LogP contribution in [0.3, 0.4) is 0 Å². The molecule has 0 bridgehead atoms. The van der Waals surface area contributed by atoms with Gasteiger partial charge in [0.05, 0.1) is 4.90 Å². The van der Waals surface area contributed by atoms with Crippen molar-refractivity contribution >= 4 is 21.4 Å². The van der Waals surface area contributed by atoms with Gasteiger partial charge in [0.1, 0.15) is 5.75 Å². The number of carbonyl (C=O) groups excluding carboxylic acids is 1. The van der Waals surface area contributed by atoms with E-state index in [0.717, 1.165) is 6.26 Å². The molecule has 0 saturated heterocycles. The lowest BCUT2D eigenvalue weighted by Gasteiger charge is -2.08. The first-order valence-electron chi connectivity index (χ1n) is 6.23. The van der Waals surface area contributed by atoms with Gasteiger partial charge >= 0.3 is 0 Å². The first kappa shape index (κ1) is 15.1. The number of sulfone groups is 1. The van der Waals surface area contributed by atoms with Crippen LogP contribution in [0.1, 0.15) is 0 Å². The molecule has 21 heavy (non-hydrogen) atoms. The van der Waals surface area contributed by atoms with Crippen molar-refractivity contribution in [2.24, 2.45) is 0 Å². The van der Waals surface area contributed by atoms with Crippen LogP contribution in [0.15, 0.2) is 59.5 Å². The van der Waals surface area contributed by atoms with E-state index in [0.29, 0.717) is 11.4 Å². The molecular formula is C15H15NO4S. The van der Waals surface area contributed by atoms with E-state index in [2.05, 4.69) is 5.32 Å². The van der Waals surface area contributed by atoms with Gasteiger partial charge in [0, 0.05) is 11.9 Å². The van der Waals surface area contributed by atoms with Gasteiger partial charge in [-0.3, -0.25) is 4.79 Å². The Morgan fingerprint density at radius 3 is 2.48 bits per heavy atom. The van der Waals surface area contributed by atoms with Gasteiger partial charge in [-0.25, -0.2) is 8.42 Å². The van der Waals surface area contributed by atoms with Crippen LogP contribution >= 0.6 is 0 Å². The Morgan fingerprint density at radius 2 is 1.81 bits per heavy atom. The van der Waals surface area contributed by atoms with E-state index in [1.807, 2.05) is 18.2 Å². The van der Waals surface area contributed by atoms with Gasteiger partial charge in [0.15, 0.2) is 16.4 Å². The molecule has 0 unspecified atom stereocenters. The average Bonchev–Trinajstić information content (AvgIpc) is 2.46. The molecule has 2 aromatic carbocycles. The molecule has 5 nitrogen and oxygen atoms in total. The van der Waals surface area contributed by atoms with E-state index in [1.165, 1.54) is 12.1 Å². The molecule has 2 aromatic rings. The predicted octanol–water partition coefficient (Wildman–Crippen LogP) is 2.11. The number of anilines is 1. The highest BCUT2D eigenvalue weighted by Crippen LogP contribution is 2.15. The normalized spacial score (nSPS) is 10.9. The van der Waals surface area contributed by atoms with Crippen molar-refractivity contribution in [2.45, 2.75) is 4.90 Å². The number of hydrogen-bond donors (Lipinski definition) is 1. The largest absolute Gasteiger partial charge is 0.484 e. The fraction of sp³-hybridized carbons (Fsp3) is 0.133. The number of nitrogens with one attached hydrogen (secondary N) is 1. The Balaban J connectivity index is 1.97. The third-order valence-electron chi connectivity index (χ3n) is 2.66. The minimum atomic E-state index is -3.30. The van der Waals surface area contributed by atoms with Crippen molar-refractivity contribution in [2.75, 3.05) is 18.2 Å². The molecule has 0 heterocycles. The third-order valence-corrected chi connectivity index (χ3v) is 3.77. The Kier molecular flexibility index (Phi) is 4.59. The zero-order valence-electron chi connectivity index (χ0n) is 11.4. The Bertz CT molecular complexity index is 726. The highest BCUT2D eigenvalue weighted by atomic mass is 32.2. The zero-order valence-corrected chi connectivity index (χ0v) is 12.3. The Hall–Kier alpha value is -2.34. The number of amides is 1. The van der Waals surface area contributed by atoms with Crippen LogP contribution in [0, 0.1) is 0 Å². The maximum Gasteiger partial charge on any atom is 0.262 e. The van der Waals surface area contributed by atoms with Crippen LogP contribution in [0.4, 0.5) is 5.69 Å². The minimum Gasteiger partial charge on any atom is -0.484 e. The van der Waals surface area contributed by atoms with Crippen LogP contribution in [0.2, 0.25) is 0 Å². The van der Waals surface area contributed by atoms with Crippen molar-refractivity contribution in [3.8, 4) is 5.75 Å². The molecule has 0 atom stereocenters. The molecule has 0 saturated carbocycles. The molecule has 2 rings (SSSR count). The van der Waals surface area contributed by atoms with Gasteiger partial charge in [0.25, 0.3) is 5.91 Å². The molecular weight excluding hydrogens is 290 g/mol.